The van der Waals surface area contributed by atoms with E-state index in [0.717, 1.165) is 60.9 Å². The van der Waals surface area contributed by atoms with Crippen molar-refractivity contribution in [2.45, 2.75) is 20.3 Å². The minimum absolute atomic E-state index is 0.120. The van der Waals surface area contributed by atoms with Crippen LogP contribution in [-0.2, 0) is 11.2 Å². The molecule has 11 heteroatoms. The van der Waals surface area contributed by atoms with Crippen molar-refractivity contribution in [3.63, 3.8) is 0 Å². The van der Waals surface area contributed by atoms with Gasteiger partial charge in [0.2, 0.25) is 5.91 Å². The molecule has 0 unspecified atom stereocenters. The predicted molar refractivity (Wildman–Crippen MR) is 157 cm³/mol. The van der Waals surface area contributed by atoms with Crippen LogP contribution in [0.25, 0.3) is 16.8 Å². The van der Waals surface area contributed by atoms with E-state index in [0.29, 0.717) is 27.8 Å². The Morgan fingerprint density at radius 1 is 1.12 bits per heavy atom. The third-order valence-corrected chi connectivity index (χ3v) is 8.36. The molecule has 5 rings (SSSR count). The Kier molecular flexibility index (Phi) is 7.74. The number of likely N-dealkylation sites (N-methyl/N-ethyl adjacent to an activating group) is 1. The van der Waals surface area contributed by atoms with E-state index in [9.17, 15) is 14.4 Å². The third kappa shape index (κ3) is 5.24. The van der Waals surface area contributed by atoms with Crippen molar-refractivity contribution in [1.29, 1.82) is 5.26 Å². The van der Waals surface area contributed by atoms with Gasteiger partial charge in [0.15, 0.2) is 5.13 Å². The summed E-state index contributed by atoms with van der Waals surface area (Å²) >= 11 is 1.31. The molecular weight excluding hydrogens is 527 g/mol. The summed E-state index contributed by atoms with van der Waals surface area (Å²) in [5.41, 5.74) is 6.25. The zero-order valence-electron chi connectivity index (χ0n) is 23.5. The van der Waals surface area contributed by atoms with E-state index in [-0.39, 0.29) is 11.7 Å². The molecule has 3 aromatic heterocycles. The summed E-state index contributed by atoms with van der Waals surface area (Å²) in [6, 6.07) is 12.6. The number of fused-ring (bicyclic) bond motifs is 1. The second kappa shape index (κ2) is 11.2. The molecule has 1 aliphatic heterocycles. The normalized spacial score (nSPS) is 14.0. The number of thiazole rings is 1. The minimum atomic E-state index is -0.330. The van der Waals surface area contributed by atoms with Crippen molar-refractivity contribution in [3.05, 3.63) is 58.5 Å². The lowest BCUT2D eigenvalue weighted by molar-refractivity contribution is -0.129. The summed E-state index contributed by atoms with van der Waals surface area (Å²) in [4.78, 5) is 25.6. The standard InChI is InChI=1S/C29H33FN8OS/c1-6-23-28(35(5)29-32-27(25(17-31)40-29)20-7-9-21(30)10-8-20)24-16-22(15-19(2)38(24)33-23)37-13-11-36(12-14-37)18-26(39)34(3)4/h7-10,15-16H,6,11-14,18H2,1-5H3. The maximum Gasteiger partial charge on any atom is 0.236 e. The number of pyridine rings is 1. The summed E-state index contributed by atoms with van der Waals surface area (Å²) in [6.45, 7) is 7.87. The van der Waals surface area contributed by atoms with E-state index in [4.69, 9.17) is 10.1 Å². The summed E-state index contributed by atoms with van der Waals surface area (Å²) in [6.07, 6.45) is 0.732. The average Bonchev–Trinajstić information content (AvgIpc) is 3.55. The van der Waals surface area contributed by atoms with Crippen molar-refractivity contribution < 1.29 is 9.18 Å². The van der Waals surface area contributed by atoms with Crippen molar-refractivity contribution in [1.82, 2.24) is 24.4 Å². The van der Waals surface area contributed by atoms with Gasteiger partial charge in [-0.25, -0.2) is 13.9 Å². The molecule has 1 fully saturated rings. The fourth-order valence-electron chi connectivity index (χ4n) is 5.04. The van der Waals surface area contributed by atoms with Crippen LogP contribution in [0.3, 0.4) is 0 Å². The van der Waals surface area contributed by atoms with Gasteiger partial charge in [-0.15, -0.1) is 0 Å². The van der Waals surface area contributed by atoms with E-state index < -0.39 is 0 Å². The topological polar surface area (TPSA) is 84.0 Å². The van der Waals surface area contributed by atoms with Gasteiger partial charge in [-0.1, -0.05) is 18.3 Å². The highest BCUT2D eigenvalue weighted by Gasteiger charge is 2.25. The monoisotopic (exact) mass is 560 g/mol. The number of hydrogen-bond acceptors (Lipinski definition) is 8. The van der Waals surface area contributed by atoms with Crippen LogP contribution in [0.2, 0.25) is 0 Å². The van der Waals surface area contributed by atoms with Crippen LogP contribution in [0.4, 0.5) is 20.9 Å². The summed E-state index contributed by atoms with van der Waals surface area (Å²) in [5.74, 6) is -0.211. The quantitative estimate of drug-likeness (QED) is 0.333. The maximum atomic E-state index is 13.5. The molecule has 1 saturated heterocycles. The second-order valence-electron chi connectivity index (χ2n) is 10.2. The molecule has 9 nitrogen and oxygen atoms in total. The fraction of sp³-hybridized carbons (Fsp3) is 0.379. The number of benzene rings is 1. The van der Waals surface area contributed by atoms with E-state index in [1.165, 1.54) is 23.5 Å². The van der Waals surface area contributed by atoms with Gasteiger partial charge in [0.1, 0.15) is 22.5 Å². The van der Waals surface area contributed by atoms with Gasteiger partial charge in [0, 0.05) is 64.3 Å². The van der Waals surface area contributed by atoms with Crippen molar-refractivity contribution in [2.75, 3.05) is 63.7 Å². The lowest BCUT2D eigenvalue weighted by atomic mass is 10.1. The Morgan fingerprint density at radius 2 is 1.82 bits per heavy atom. The number of carbonyl (C=O) groups excluding carboxylic acids is 1. The van der Waals surface area contributed by atoms with Gasteiger partial charge in [0.05, 0.1) is 23.4 Å². The molecule has 1 aromatic carbocycles. The Balaban J connectivity index is 1.48. The molecule has 4 aromatic rings. The highest BCUT2D eigenvalue weighted by molar-refractivity contribution is 7.16. The summed E-state index contributed by atoms with van der Waals surface area (Å²) in [5, 5.41) is 15.4. The zero-order valence-corrected chi connectivity index (χ0v) is 24.3. The highest BCUT2D eigenvalue weighted by Crippen LogP contribution is 2.39. The Labute approximate surface area is 237 Å². The maximum absolute atomic E-state index is 13.5. The number of aryl methyl sites for hydroxylation is 2. The van der Waals surface area contributed by atoms with Crippen LogP contribution in [0.15, 0.2) is 36.4 Å². The number of amides is 1. The first kappa shape index (κ1) is 27.6. The van der Waals surface area contributed by atoms with E-state index in [1.807, 2.05) is 16.5 Å². The second-order valence-corrected chi connectivity index (χ2v) is 11.2. The van der Waals surface area contributed by atoms with Gasteiger partial charge in [0.25, 0.3) is 0 Å². The van der Waals surface area contributed by atoms with Crippen molar-refractivity contribution in [2.24, 2.45) is 0 Å². The average molecular weight is 561 g/mol. The number of anilines is 3. The third-order valence-electron chi connectivity index (χ3n) is 7.33. The van der Waals surface area contributed by atoms with Gasteiger partial charge in [-0.05, 0) is 49.7 Å². The number of rotatable bonds is 7. The molecule has 0 N–H and O–H groups in total. The van der Waals surface area contributed by atoms with E-state index in [2.05, 4.69) is 41.8 Å². The first-order valence-electron chi connectivity index (χ1n) is 13.3. The zero-order chi connectivity index (χ0) is 28.6. The molecule has 0 aliphatic carbocycles. The van der Waals surface area contributed by atoms with E-state index in [1.54, 1.807) is 31.1 Å². The van der Waals surface area contributed by atoms with Crippen LogP contribution in [0.5, 0.6) is 0 Å². The lowest BCUT2D eigenvalue weighted by Gasteiger charge is -2.36. The van der Waals surface area contributed by atoms with Crippen LogP contribution in [-0.4, -0.2) is 84.2 Å². The number of carbonyl (C=O) groups is 1. The van der Waals surface area contributed by atoms with Crippen molar-refractivity contribution >= 4 is 39.3 Å². The largest absolute Gasteiger partial charge is 0.369 e. The first-order valence-corrected chi connectivity index (χ1v) is 14.1. The van der Waals surface area contributed by atoms with Crippen LogP contribution >= 0.6 is 11.3 Å². The molecule has 0 bridgehead atoms. The Morgan fingerprint density at radius 3 is 2.45 bits per heavy atom. The molecule has 4 heterocycles. The Hall–Kier alpha value is -4.01. The molecule has 0 saturated carbocycles. The van der Waals surface area contributed by atoms with Crippen molar-refractivity contribution in [3.8, 4) is 17.3 Å². The minimum Gasteiger partial charge on any atom is -0.369 e. The molecule has 0 spiro atoms. The fourth-order valence-corrected chi connectivity index (χ4v) is 5.89. The van der Waals surface area contributed by atoms with Gasteiger partial charge < -0.3 is 14.7 Å². The van der Waals surface area contributed by atoms with Crippen LogP contribution in [0, 0.1) is 24.1 Å². The van der Waals surface area contributed by atoms with Gasteiger partial charge in [-0.2, -0.15) is 10.4 Å². The summed E-state index contributed by atoms with van der Waals surface area (Å²) < 4.78 is 15.5. The molecular formula is C29H33FN8OS. The number of aromatic nitrogens is 3. The molecule has 1 aliphatic rings. The smallest absolute Gasteiger partial charge is 0.236 e. The van der Waals surface area contributed by atoms with Gasteiger partial charge in [-0.3, -0.25) is 9.69 Å². The molecule has 208 valence electrons. The van der Waals surface area contributed by atoms with E-state index >= 15 is 0 Å². The molecule has 1 amide bonds. The number of halogens is 1. The predicted octanol–water partition coefficient (Wildman–Crippen LogP) is 4.32. The highest BCUT2D eigenvalue weighted by atomic mass is 32.1. The summed E-state index contributed by atoms with van der Waals surface area (Å²) in [7, 11) is 5.53. The molecule has 0 radical (unpaired) electrons. The SMILES string of the molecule is CCc1nn2c(C)cc(N3CCN(CC(=O)N(C)C)CC3)cc2c1N(C)c1nc(-c2ccc(F)cc2)c(C#N)s1. The number of hydrogen-bond donors (Lipinski definition) is 0. The molecule has 40 heavy (non-hydrogen) atoms. The first-order chi connectivity index (χ1) is 19.2. The number of nitriles is 1. The Bertz CT molecular complexity index is 1580. The lowest BCUT2D eigenvalue weighted by Crippen LogP contribution is -2.49. The van der Waals surface area contributed by atoms with Gasteiger partial charge >= 0.3 is 0 Å². The van der Waals surface area contributed by atoms with Crippen LogP contribution < -0.4 is 9.80 Å². The number of piperazine rings is 1. The molecule has 0 atom stereocenters. The van der Waals surface area contributed by atoms with Crippen LogP contribution in [0.1, 0.15) is 23.2 Å². The number of nitrogens with zero attached hydrogens (tertiary/aromatic N) is 8.